The molecule has 0 spiro atoms. The summed E-state index contributed by atoms with van der Waals surface area (Å²) in [6.07, 6.45) is 4.72. The average Bonchev–Trinajstić information content (AvgIpc) is 3.01. The van der Waals surface area contributed by atoms with Crippen molar-refractivity contribution in [3.8, 4) is 0 Å². The molecule has 0 aromatic heterocycles. The van der Waals surface area contributed by atoms with Crippen molar-refractivity contribution >= 4 is 11.4 Å². The third-order valence-corrected chi connectivity index (χ3v) is 7.26. The van der Waals surface area contributed by atoms with Crippen LogP contribution in [0.3, 0.4) is 0 Å². The number of fused-ring (bicyclic) bond motifs is 5. The molecule has 2 atom stereocenters. The maximum Gasteiger partial charge on any atom is 0.0483 e. The molecule has 3 heterocycles. The van der Waals surface area contributed by atoms with Gasteiger partial charge in [-0.2, -0.15) is 0 Å². The number of piperidine rings is 1. The third-order valence-electron chi connectivity index (χ3n) is 7.26. The maximum atomic E-state index is 2.73. The van der Waals surface area contributed by atoms with E-state index in [-0.39, 0.29) is 0 Å². The molecule has 3 aromatic rings. The second kappa shape index (κ2) is 7.03. The molecule has 3 aromatic carbocycles. The molecule has 2 nitrogen and oxygen atoms in total. The summed E-state index contributed by atoms with van der Waals surface area (Å²) in [5.41, 5.74) is 9.11. The zero-order valence-electron chi connectivity index (χ0n) is 16.9. The van der Waals surface area contributed by atoms with Crippen LogP contribution in [0.4, 0.5) is 11.4 Å². The summed E-state index contributed by atoms with van der Waals surface area (Å²) in [5.74, 6) is 0.626. The van der Waals surface area contributed by atoms with Crippen molar-refractivity contribution < 1.29 is 0 Å². The van der Waals surface area contributed by atoms with Gasteiger partial charge in [-0.3, -0.25) is 0 Å². The van der Waals surface area contributed by atoms with Crippen LogP contribution in [-0.2, 0) is 19.3 Å². The largest absolute Gasteiger partial charge is 0.337 e. The Bertz CT molecular complexity index is 1030. The predicted octanol–water partition coefficient (Wildman–Crippen LogP) is 5.34. The van der Waals surface area contributed by atoms with Gasteiger partial charge in [0.25, 0.3) is 0 Å². The molecular weight excluding hydrogens is 352 g/mol. The van der Waals surface area contributed by atoms with Crippen molar-refractivity contribution in [3.63, 3.8) is 0 Å². The predicted molar refractivity (Wildman–Crippen MR) is 120 cm³/mol. The van der Waals surface area contributed by atoms with Gasteiger partial charge in [0.1, 0.15) is 0 Å². The zero-order valence-corrected chi connectivity index (χ0v) is 16.9. The monoisotopic (exact) mass is 380 g/mol. The molecule has 2 heteroatoms. The minimum absolute atomic E-state index is 0.610. The quantitative estimate of drug-likeness (QED) is 0.605. The van der Waals surface area contributed by atoms with Gasteiger partial charge in [-0.1, -0.05) is 66.7 Å². The van der Waals surface area contributed by atoms with Gasteiger partial charge in [0.2, 0.25) is 0 Å². The van der Waals surface area contributed by atoms with Crippen LogP contribution in [0.25, 0.3) is 0 Å². The van der Waals surface area contributed by atoms with E-state index >= 15 is 0 Å². The van der Waals surface area contributed by atoms with Crippen molar-refractivity contribution in [1.29, 1.82) is 0 Å². The Morgan fingerprint density at radius 3 is 2.52 bits per heavy atom. The van der Waals surface area contributed by atoms with Crippen LogP contribution in [0, 0.1) is 0 Å². The van der Waals surface area contributed by atoms with E-state index in [4.69, 9.17) is 0 Å². The molecule has 3 aliphatic heterocycles. The first-order valence-corrected chi connectivity index (χ1v) is 11.1. The topological polar surface area (TPSA) is 6.48 Å². The molecule has 146 valence electrons. The van der Waals surface area contributed by atoms with E-state index < -0.39 is 0 Å². The number of anilines is 2. The average molecular weight is 381 g/mol. The molecule has 29 heavy (non-hydrogen) atoms. The lowest BCUT2D eigenvalue weighted by atomic mass is 9.87. The first-order valence-electron chi connectivity index (χ1n) is 11.1. The van der Waals surface area contributed by atoms with Crippen molar-refractivity contribution in [2.45, 2.75) is 37.6 Å². The second-order valence-electron chi connectivity index (χ2n) is 8.85. The lowest BCUT2D eigenvalue weighted by molar-refractivity contribution is 0.199. The van der Waals surface area contributed by atoms with Crippen molar-refractivity contribution in [2.24, 2.45) is 0 Å². The Balaban J connectivity index is 1.31. The second-order valence-corrected chi connectivity index (χ2v) is 8.85. The van der Waals surface area contributed by atoms with Gasteiger partial charge >= 0.3 is 0 Å². The van der Waals surface area contributed by atoms with Crippen molar-refractivity contribution in [3.05, 3.63) is 95.1 Å². The smallest absolute Gasteiger partial charge is 0.0483 e. The van der Waals surface area contributed by atoms with E-state index in [1.807, 2.05) is 0 Å². The number of para-hydroxylation sites is 2. The van der Waals surface area contributed by atoms with Crippen LogP contribution in [0.1, 0.15) is 34.6 Å². The highest BCUT2D eigenvalue weighted by Crippen LogP contribution is 2.52. The minimum Gasteiger partial charge on any atom is -0.337 e. The Morgan fingerprint density at radius 2 is 1.59 bits per heavy atom. The number of nitrogens with zero attached hydrogens (tertiary/aromatic N) is 2. The van der Waals surface area contributed by atoms with Gasteiger partial charge in [0.05, 0.1) is 0 Å². The van der Waals surface area contributed by atoms with Gasteiger partial charge in [-0.15, -0.1) is 0 Å². The van der Waals surface area contributed by atoms with E-state index in [2.05, 4.69) is 82.6 Å². The molecule has 0 amide bonds. The van der Waals surface area contributed by atoms with E-state index in [1.54, 1.807) is 11.1 Å². The van der Waals surface area contributed by atoms with E-state index in [1.165, 1.54) is 48.6 Å². The van der Waals surface area contributed by atoms with E-state index in [0.717, 1.165) is 19.3 Å². The number of hydrogen-bond acceptors (Lipinski definition) is 2. The maximum absolute atomic E-state index is 2.73. The van der Waals surface area contributed by atoms with Gasteiger partial charge < -0.3 is 9.80 Å². The fraction of sp³-hybridized carbons (Fsp3) is 0.333. The van der Waals surface area contributed by atoms with E-state index in [9.17, 15) is 0 Å². The van der Waals surface area contributed by atoms with Crippen LogP contribution >= 0.6 is 0 Å². The molecular formula is C27H28N2. The number of likely N-dealkylation sites (tertiary alicyclic amines) is 1. The molecule has 0 N–H and O–H groups in total. The lowest BCUT2D eigenvalue weighted by Gasteiger charge is -2.39. The normalized spacial score (nSPS) is 22.6. The van der Waals surface area contributed by atoms with Gasteiger partial charge in [0.15, 0.2) is 0 Å². The molecule has 0 aliphatic carbocycles. The van der Waals surface area contributed by atoms with Crippen molar-refractivity contribution in [2.75, 3.05) is 24.5 Å². The Hall–Kier alpha value is -2.58. The molecule has 3 aliphatic rings. The molecule has 0 bridgehead atoms. The Kier molecular flexibility index (Phi) is 4.19. The minimum atomic E-state index is 0.610. The fourth-order valence-corrected chi connectivity index (χ4v) is 5.85. The van der Waals surface area contributed by atoms with Crippen LogP contribution in [0.2, 0.25) is 0 Å². The summed E-state index contributed by atoms with van der Waals surface area (Å²) in [4.78, 5) is 5.43. The summed E-state index contributed by atoms with van der Waals surface area (Å²) in [6, 6.07) is 27.7. The first kappa shape index (κ1) is 17.3. The highest BCUT2D eigenvalue weighted by atomic mass is 15.2. The standard InChI is InChI=1S/C27H28N2/c1-2-7-20(8-3-1)15-17-28-18-16-26-24(19-28)23-11-6-10-22-14-13-21-9-4-5-12-25(21)29(26)27(22)23/h1-12,24,26H,13-19H2/t24-,26+/m0/s1. The number of rotatable bonds is 3. The van der Waals surface area contributed by atoms with Gasteiger partial charge in [-0.25, -0.2) is 0 Å². The van der Waals surface area contributed by atoms with Gasteiger partial charge in [-0.05, 0) is 54.0 Å². The molecule has 1 fully saturated rings. The van der Waals surface area contributed by atoms with Crippen LogP contribution in [0.15, 0.2) is 72.8 Å². The van der Waals surface area contributed by atoms with Crippen molar-refractivity contribution in [1.82, 2.24) is 4.90 Å². The highest BCUT2D eigenvalue weighted by Gasteiger charge is 2.44. The SMILES string of the molecule is c1ccc(CCN2CC[C@@H]3[C@@H](C2)c2cccc4c2N3c2ccccc2CC4)cc1. The number of aryl methyl sites for hydroxylation is 2. The Morgan fingerprint density at radius 1 is 0.793 bits per heavy atom. The summed E-state index contributed by atoms with van der Waals surface area (Å²) in [7, 11) is 0. The zero-order chi connectivity index (χ0) is 19.2. The van der Waals surface area contributed by atoms with Crippen LogP contribution < -0.4 is 4.90 Å². The lowest BCUT2D eigenvalue weighted by Crippen LogP contribution is -2.45. The molecule has 0 radical (unpaired) electrons. The van der Waals surface area contributed by atoms with Gasteiger partial charge in [0, 0.05) is 43.0 Å². The molecule has 0 unspecified atom stereocenters. The Labute approximate surface area is 173 Å². The molecule has 1 saturated heterocycles. The van der Waals surface area contributed by atoms with Crippen LogP contribution in [-0.4, -0.2) is 30.6 Å². The number of benzene rings is 3. The summed E-state index contributed by atoms with van der Waals surface area (Å²) in [6.45, 7) is 3.56. The summed E-state index contributed by atoms with van der Waals surface area (Å²) in [5, 5.41) is 0. The van der Waals surface area contributed by atoms with E-state index in [0.29, 0.717) is 12.0 Å². The number of hydrogen-bond donors (Lipinski definition) is 0. The molecule has 6 rings (SSSR count). The highest BCUT2D eigenvalue weighted by molar-refractivity contribution is 5.79. The summed E-state index contributed by atoms with van der Waals surface area (Å²) >= 11 is 0. The molecule has 0 saturated carbocycles. The first-order chi connectivity index (χ1) is 14.4. The van der Waals surface area contributed by atoms with Crippen LogP contribution in [0.5, 0.6) is 0 Å². The third kappa shape index (κ3) is 2.89. The fourth-order valence-electron chi connectivity index (χ4n) is 5.85. The summed E-state index contributed by atoms with van der Waals surface area (Å²) < 4.78 is 0.